The van der Waals surface area contributed by atoms with Crippen molar-refractivity contribution in [1.82, 2.24) is 15.3 Å². The lowest BCUT2D eigenvalue weighted by molar-refractivity contribution is 0.0816. The Bertz CT molecular complexity index is 405. The van der Waals surface area contributed by atoms with Crippen molar-refractivity contribution < 1.29 is 4.74 Å². The van der Waals surface area contributed by atoms with Gasteiger partial charge in [0.25, 0.3) is 0 Å². The lowest BCUT2D eigenvalue weighted by Gasteiger charge is -2.31. The minimum atomic E-state index is 0.112. The molecule has 0 atom stereocenters. The van der Waals surface area contributed by atoms with Gasteiger partial charge in [-0.25, -0.2) is 9.97 Å². The maximum absolute atomic E-state index is 5.38. The van der Waals surface area contributed by atoms with E-state index in [1.165, 1.54) is 0 Å². The van der Waals surface area contributed by atoms with Gasteiger partial charge in [-0.15, -0.1) is 0 Å². The van der Waals surface area contributed by atoms with Gasteiger partial charge in [0.1, 0.15) is 0 Å². The molecule has 1 aromatic rings. The summed E-state index contributed by atoms with van der Waals surface area (Å²) in [6, 6.07) is 0. The number of hydrogen-bond donors (Lipinski definition) is 1. The fourth-order valence-corrected chi connectivity index (χ4v) is 2.26. The van der Waals surface area contributed by atoms with Crippen LogP contribution in [0.15, 0.2) is 12.4 Å². The second kappa shape index (κ2) is 6.50. The Kier molecular flexibility index (Phi) is 4.94. The highest BCUT2D eigenvalue weighted by Gasteiger charge is 2.20. The third-order valence-corrected chi connectivity index (χ3v) is 3.57. The van der Waals surface area contributed by atoms with E-state index in [2.05, 4.69) is 41.0 Å². The average Bonchev–Trinajstić information content (AvgIpc) is 2.45. The van der Waals surface area contributed by atoms with E-state index in [1.807, 2.05) is 12.4 Å². The molecule has 0 unspecified atom stereocenters. The number of nitrogens with zero attached hydrogens (tertiary/aromatic N) is 3. The SMILES string of the molecule is COC1CCN(c2ncc(CNC(C)(C)C)cn2)CC1. The van der Waals surface area contributed by atoms with Crippen LogP contribution >= 0.6 is 0 Å². The molecule has 0 spiro atoms. The van der Waals surface area contributed by atoms with Crippen LogP contribution in [0.25, 0.3) is 0 Å². The van der Waals surface area contributed by atoms with Crippen molar-refractivity contribution >= 4 is 5.95 Å². The lowest BCUT2D eigenvalue weighted by atomic mass is 10.1. The molecule has 1 N–H and O–H groups in total. The maximum atomic E-state index is 5.38. The largest absolute Gasteiger partial charge is 0.381 e. The number of hydrogen-bond acceptors (Lipinski definition) is 5. The Hall–Kier alpha value is -1.20. The van der Waals surface area contributed by atoms with Crippen LogP contribution in [0.1, 0.15) is 39.2 Å². The van der Waals surface area contributed by atoms with Crippen LogP contribution in [-0.2, 0) is 11.3 Å². The van der Waals surface area contributed by atoms with Crippen LogP contribution < -0.4 is 10.2 Å². The van der Waals surface area contributed by atoms with E-state index in [9.17, 15) is 0 Å². The third-order valence-electron chi connectivity index (χ3n) is 3.57. The molecule has 1 saturated heterocycles. The molecule has 0 aliphatic carbocycles. The number of aromatic nitrogens is 2. The number of nitrogens with one attached hydrogen (secondary N) is 1. The summed E-state index contributed by atoms with van der Waals surface area (Å²) in [5.74, 6) is 0.832. The van der Waals surface area contributed by atoms with E-state index in [1.54, 1.807) is 7.11 Å². The second-order valence-corrected chi connectivity index (χ2v) is 6.42. The van der Waals surface area contributed by atoms with Gasteiger partial charge in [-0.05, 0) is 33.6 Å². The van der Waals surface area contributed by atoms with Gasteiger partial charge in [-0.3, -0.25) is 0 Å². The van der Waals surface area contributed by atoms with E-state index in [0.717, 1.165) is 44.0 Å². The maximum Gasteiger partial charge on any atom is 0.225 e. The Morgan fingerprint density at radius 3 is 2.35 bits per heavy atom. The van der Waals surface area contributed by atoms with Crippen molar-refractivity contribution in [2.45, 2.75) is 51.8 Å². The number of piperidine rings is 1. The van der Waals surface area contributed by atoms with Crippen LogP contribution in [0.3, 0.4) is 0 Å². The van der Waals surface area contributed by atoms with Crippen molar-refractivity contribution in [1.29, 1.82) is 0 Å². The van der Waals surface area contributed by atoms with E-state index in [-0.39, 0.29) is 5.54 Å². The van der Waals surface area contributed by atoms with Crippen LogP contribution in [0, 0.1) is 0 Å². The van der Waals surface area contributed by atoms with Gasteiger partial charge in [0, 0.05) is 50.2 Å². The standard InChI is InChI=1S/C15H26N4O/c1-15(2,3)18-11-12-9-16-14(17-10-12)19-7-5-13(20-4)6-8-19/h9-10,13,18H,5-8,11H2,1-4H3. The molecule has 0 amide bonds. The summed E-state index contributed by atoms with van der Waals surface area (Å²) in [6.45, 7) is 9.21. The van der Waals surface area contributed by atoms with Crippen molar-refractivity contribution in [3.63, 3.8) is 0 Å². The normalized spacial score (nSPS) is 17.5. The molecule has 112 valence electrons. The number of anilines is 1. The second-order valence-electron chi connectivity index (χ2n) is 6.42. The van der Waals surface area contributed by atoms with Gasteiger partial charge in [-0.1, -0.05) is 0 Å². The highest BCUT2D eigenvalue weighted by atomic mass is 16.5. The zero-order valence-corrected chi connectivity index (χ0v) is 13.0. The molecular formula is C15H26N4O. The van der Waals surface area contributed by atoms with Gasteiger partial charge < -0.3 is 15.0 Å². The van der Waals surface area contributed by atoms with E-state index >= 15 is 0 Å². The molecular weight excluding hydrogens is 252 g/mol. The molecule has 1 fully saturated rings. The van der Waals surface area contributed by atoms with Crippen LogP contribution in [0.2, 0.25) is 0 Å². The molecule has 0 bridgehead atoms. The molecule has 2 rings (SSSR count). The summed E-state index contributed by atoms with van der Waals surface area (Å²) in [4.78, 5) is 11.2. The van der Waals surface area contributed by atoms with Crippen molar-refractivity contribution in [2.75, 3.05) is 25.1 Å². The lowest BCUT2D eigenvalue weighted by Crippen LogP contribution is -2.37. The molecule has 1 aromatic heterocycles. The molecule has 5 heteroatoms. The first-order valence-electron chi connectivity index (χ1n) is 7.31. The molecule has 1 aliphatic heterocycles. The molecule has 1 aliphatic rings. The van der Waals surface area contributed by atoms with Gasteiger partial charge in [0.15, 0.2) is 0 Å². The Morgan fingerprint density at radius 2 is 1.85 bits per heavy atom. The number of methoxy groups -OCH3 is 1. The Labute approximate surface area is 121 Å². The fraction of sp³-hybridized carbons (Fsp3) is 0.733. The summed E-state index contributed by atoms with van der Waals surface area (Å²) in [6.07, 6.45) is 6.33. The molecule has 2 heterocycles. The van der Waals surface area contributed by atoms with Crippen molar-refractivity contribution in [3.8, 4) is 0 Å². The zero-order valence-electron chi connectivity index (χ0n) is 13.0. The summed E-state index contributed by atoms with van der Waals surface area (Å²) >= 11 is 0. The van der Waals surface area contributed by atoms with Crippen molar-refractivity contribution in [3.05, 3.63) is 18.0 Å². The average molecular weight is 278 g/mol. The molecule has 5 nitrogen and oxygen atoms in total. The molecule has 0 radical (unpaired) electrons. The summed E-state index contributed by atoms with van der Waals surface area (Å²) in [5, 5.41) is 3.44. The fourth-order valence-electron chi connectivity index (χ4n) is 2.26. The monoisotopic (exact) mass is 278 g/mol. The van der Waals surface area contributed by atoms with Gasteiger partial charge in [0.2, 0.25) is 5.95 Å². The summed E-state index contributed by atoms with van der Waals surface area (Å²) in [7, 11) is 1.79. The number of rotatable bonds is 4. The first kappa shape index (κ1) is 15.2. The minimum Gasteiger partial charge on any atom is -0.381 e. The van der Waals surface area contributed by atoms with Crippen LogP contribution in [0.5, 0.6) is 0 Å². The predicted molar refractivity (Wildman–Crippen MR) is 80.9 cm³/mol. The zero-order chi connectivity index (χ0) is 14.6. The minimum absolute atomic E-state index is 0.112. The van der Waals surface area contributed by atoms with E-state index in [0.29, 0.717) is 6.10 Å². The first-order chi connectivity index (χ1) is 9.48. The van der Waals surface area contributed by atoms with Gasteiger partial charge >= 0.3 is 0 Å². The highest BCUT2D eigenvalue weighted by molar-refractivity contribution is 5.30. The number of ether oxygens (including phenoxy) is 1. The molecule has 20 heavy (non-hydrogen) atoms. The smallest absolute Gasteiger partial charge is 0.225 e. The topological polar surface area (TPSA) is 50.3 Å². The third kappa shape index (κ3) is 4.42. The van der Waals surface area contributed by atoms with Crippen LogP contribution in [0.4, 0.5) is 5.95 Å². The van der Waals surface area contributed by atoms with E-state index in [4.69, 9.17) is 4.74 Å². The van der Waals surface area contributed by atoms with E-state index < -0.39 is 0 Å². The highest BCUT2D eigenvalue weighted by Crippen LogP contribution is 2.17. The van der Waals surface area contributed by atoms with Crippen LogP contribution in [-0.4, -0.2) is 41.8 Å². The summed E-state index contributed by atoms with van der Waals surface area (Å²) in [5.41, 5.74) is 1.23. The Morgan fingerprint density at radius 1 is 1.25 bits per heavy atom. The van der Waals surface area contributed by atoms with Gasteiger partial charge in [0.05, 0.1) is 6.10 Å². The Balaban J connectivity index is 1.88. The summed E-state index contributed by atoms with van der Waals surface area (Å²) < 4.78 is 5.38. The predicted octanol–water partition coefficient (Wildman–Crippen LogP) is 1.98. The molecule has 0 saturated carbocycles. The quantitative estimate of drug-likeness (QED) is 0.912. The van der Waals surface area contributed by atoms with Crippen molar-refractivity contribution in [2.24, 2.45) is 0 Å². The van der Waals surface area contributed by atoms with Gasteiger partial charge in [-0.2, -0.15) is 0 Å². The first-order valence-corrected chi connectivity index (χ1v) is 7.31. The molecule has 0 aromatic carbocycles.